The zero-order valence-electron chi connectivity index (χ0n) is 11.4. The third-order valence-electron chi connectivity index (χ3n) is 3.24. The molecule has 6 nitrogen and oxygen atoms in total. The van der Waals surface area contributed by atoms with Crippen LogP contribution in [0.5, 0.6) is 0 Å². The summed E-state index contributed by atoms with van der Waals surface area (Å²) in [4.78, 5) is 20.4. The maximum Gasteiger partial charge on any atom is 0.421 e. The molecule has 3 aromatic heterocycles. The highest BCUT2D eigenvalue weighted by molar-refractivity contribution is 7.99. The lowest BCUT2D eigenvalue weighted by atomic mass is 10.3. The van der Waals surface area contributed by atoms with Crippen molar-refractivity contribution in [2.24, 2.45) is 0 Å². The number of pyridine rings is 1. The molecule has 0 N–H and O–H groups in total. The summed E-state index contributed by atoms with van der Waals surface area (Å²) in [6.07, 6.45) is 1.64. The van der Waals surface area contributed by atoms with Crippen LogP contribution in [0.1, 0.15) is 0 Å². The molecule has 0 fully saturated rings. The minimum absolute atomic E-state index is 0.396. The van der Waals surface area contributed by atoms with Gasteiger partial charge in [0.2, 0.25) is 0 Å². The van der Waals surface area contributed by atoms with Crippen LogP contribution in [-0.4, -0.2) is 20.3 Å². The van der Waals surface area contributed by atoms with Crippen molar-refractivity contribution in [3.05, 3.63) is 53.1 Å². The fourth-order valence-electron chi connectivity index (χ4n) is 2.23. The maximum absolute atomic E-state index is 11.8. The van der Waals surface area contributed by atoms with E-state index in [9.17, 15) is 4.79 Å². The molecule has 1 aromatic carbocycles. The summed E-state index contributed by atoms with van der Waals surface area (Å²) in [5.74, 6) is 0.240. The lowest BCUT2D eigenvalue weighted by Gasteiger charge is -1.99. The van der Waals surface area contributed by atoms with Crippen molar-refractivity contribution >= 4 is 34.1 Å². The normalized spacial score (nSPS) is 11.5. The fourth-order valence-corrected chi connectivity index (χ4v) is 2.99. The standard InChI is InChI=1S/C15H11N3O3S/c19-15-18(13-12(21-15)6-3-7-16-13)8-9-22-14-17-10-4-1-2-5-11(10)20-14/h1-7H,8-9H2. The second kappa shape index (κ2) is 5.34. The number of aryl methyl sites for hydroxylation is 1. The first-order valence-corrected chi connectivity index (χ1v) is 7.72. The molecule has 0 aliphatic rings. The number of oxazole rings is 2. The number of nitrogens with zero attached hydrogens (tertiary/aromatic N) is 3. The molecule has 4 rings (SSSR count). The number of fused-ring (bicyclic) bond motifs is 2. The quantitative estimate of drug-likeness (QED) is 0.539. The van der Waals surface area contributed by atoms with Crippen LogP contribution in [0.15, 0.2) is 61.4 Å². The molecule has 0 spiro atoms. The summed E-state index contributed by atoms with van der Waals surface area (Å²) in [6, 6.07) is 11.1. The summed E-state index contributed by atoms with van der Waals surface area (Å²) in [5.41, 5.74) is 2.65. The van der Waals surface area contributed by atoms with Crippen LogP contribution >= 0.6 is 11.8 Å². The molecule has 0 saturated heterocycles. The average molecular weight is 313 g/mol. The van der Waals surface area contributed by atoms with Crippen LogP contribution in [-0.2, 0) is 6.54 Å². The monoisotopic (exact) mass is 313 g/mol. The van der Waals surface area contributed by atoms with Gasteiger partial charge in [0.15, 0.2) is 16.8 Å². The second-order valence-corrected chi connectivity index (χ2v) is 5.69. The molecule has 7 heteroatoms. The van der Waals surface area contributed by atoms with Crippen LogP contribution in [0.2, 0.25) is 0 Å². The first-order chi connectivity index (χ1) is 10.8. The van der Waals surface area contributed by atoms with Crippen molar-refractivity contribution in [2.75, 3.05) is 5.75 Å². The van der Waals surface area contributed by atoms with E-state index in [0.717, 1.165) is 11.1 Å². The predicted octanol–water partition coefficient (Wildman–Crippen LogP) is 2.92. The summed E-state index contributed by atoms with van der Waals surface area (Å²) in [6.45, 7) is 0.478. The first kappa shape index (κ1) is 13.1. The van der Waals surface area contributed by atoms with E-state index in [-0.39, 0.29) is 0 Å². The molecule has 0 radical (unpaired) electrons. The van der Waals surface area contributed by atoms with Crippen LogP contribution in [0.4, 0.5) is 0 Å². The van der Waals surface area contributed by atoms with Crippen molar-refractivity contribution in [3.63, 3.8) is 0 Å². The highest BCUT2D eigenvalue weighted by Gasteiger charge is 2.11. The van der Waals surface area contributed by atoms with E-state index in [1.807, 2.05) is 24.3 Å². The molecule has 0 amide bonds. The van der Waals surface area contributed by atoms with Crippen LogP contribution in [0.3, 0.4) is 0 Å². The van der Waals surface area contributed by atoms with Gasteiger partial charge in [-0.2, -0.15) is 0 Å². The van der Waals surface area contributed by atoms with Gasteiger partial charge in [-0.1, -0.05) is 23.9 Å². The maximum atomic E-state index is 11.8. The number of rotatable bonds is 4. The van der Waals surface area contributed by atoms with Crippen LogP contribution in [0.25, 0.3) is 22.3 Å². The third kappa shape index (κ3) is 2.29. The highest BCUT2D eigenvalue weighted by atomic mass is 32.2. The number of benzene rings is 1. The number of hydrogen-bond acceptors (Lipinski definition) is 6. The molecule has 0 bridgehead atoms. The van der Waals surface area contributed by atoms with Gasteiger partial charge in [0, 0.05) is 18.5 Å². The Morgan fingerprint density at radius 3 is 2.86 bits per heavy atom. The minimum atomic E-state index is -0.396. The molecule has 0 saturated carbocycles. The van der Waals surface area contributed by atoms with Crippen molar-refractivity contribution in [2.45, 2.75) is 11.8 Å². The molecule has 4 aromatic rings. The van der Waals surface area contributed by atoms with E-state index >= 15 is 0 Å². The van der Waals surface area contributed by atoms with Crippen LogP contribution in [0, 0.1) is 0 Å². The van der Waals surface area contributed by atoms with E-state index in [4.69, 9.17) is 8.83 Å². The zero-order chi connectivity index (χ0) is 14.9. The molecule has 0 aliphatic heterocycles. The van der Waals surface area contributed by atoms with Gasteiger partial charge < -0.3 is 8.83 Å². The van der Waals surface area contributed by atoms with E-state index in [1.165, 1.54) is 16.3 Å². The van der Waals surface area contributed by atoms with E-state index in [2.05, 4.69) is 9.97 Å². The summed E-state index contributed by atoms with van der Waals surface area (Å²) >= 11 is 1.45. The van der Waals surface area contributed by atoms with Gasteiger partial charge in [0.05, 0.1) is 0 Å². The minimum Gasteiger partial charge on any atom is -0.431 e. The van der Waals surface area contributed by atoms with E-state index in [0.29, 0.717) is 28.8 Å². The van der Waals surface area contributed by atoms with E-state index < -0.39 is 5.76 Å². The van der Waals surface area contributed by atoms with Crippen LogP contribution < -0.4 is 5.76 Å². The van der Waals surface area contributed by atoms with Gasteiger partial charge in [-0.15, -0.1) is 0 Å². The fraction of sp³-hybridized carbons (Fsp3) is 0.133. The first-order valence-electron chi connectivity index (χ1n) is 6.74. The predicted molar refractivity (Wildman–Crippen MR) is 83.0 cm³/mol. The largest absolute Gasteiger partial charge is 0.431 e. The highest BCUT2D eigenvalue weighted by Crippen LogP contribution is 2.23. The van der Waals surface area contributed by atoms with E-state index in [1.54, 1.807) is 18.3 Å². The molecular weight excluding hydrogens is 302 g/mol. The van der Waals surface area contributed by atoms with Gasteiger partial charge in [-0.3, -0.25) is 4.57 Å². The summed E-state index contributed by atoms with van der Waals surface area (Å²) in [5, 5.41) is 0.593. The Morgan fingerprint density at radius 2 is 1.95 bits per heavy atom. The van der Waals surface area contributed by atoms with Gasteiger partial charge in [0.25, 0.3) is 5.22 Å². The zero-order valence-corrected chi connectivity index (χ0v) is 12.2. The van der Waals surface area contributed by atoms with Gasteiger partial charge in [-0.05, 0) is 24.3 Å². The van der Waals surface area contributed by atoms with Crippen molar-refractivity contribution < 1.29 is 8.83 Å². The Hall–Kier alpha value is -2.54. The Bertz CT molecular complexity index is 969. The lowest BCUT2D eigenvalue weighted by molar-refractivity contribution is 0.488. The van der Waals surface area contributed by atoms with Crippen molar-refractivity contribution in [1.29, 1.82) is 0 Å². The molecule has 0 unspecified atom stereocenters. The molecule has 3 heterocycles. The van der Waals surface area contributed by atoms with Gasteiger partial charge in [-0.25, -0.2) is 14.8 Å². The molecule has 0 aliphatic carbocycles. The lowest BCUT2D eigenvalue weighted by Crippen LogP contribution is -2.15. The van der Waals surface area contributed by atoms with Gasteiger partial charge in [0.1, 0.15) is 5.52 Å². The summed E-state index contributed by atoms with van der Waals surface area (Å²) in [7, 11) is 0. The third-order valence-corrected chi connectivity index (χ3v) is 4.05. The average Bonchev–Trinajstić information content (AvgIpc) is 3.08. The Morgan fingerprint density at radius 1 is 1.09 bits per heavy atom. The molecular formula is C15H11N3O3S. The van der Waals surface area contributed by atoms with Crippen molar-refractivity contribution in [1.82, 2.24) is 14.5 Å². The Balaban J connectivity index is 1.52. The number of hydrogen-bond donors (Lipinski definition) is 0. The topological polar surface area (TPSA) is 74.1 Å². The Labute approximate surface area is 128 Å². The summed E-state index contributed by atoms with van der Waals surface area (Å²) < 4.78 is 12.3. The molecule has 110 valence electrons. The number of aromatic nitrogens is 3. The second-order valence-electron chi connectivity index (χ2n) is 4.64. The SMILES string of the molecule is O=c1oc2cccnc2n1CCSc1nc2ccccc2o1. The smallest absolute Gasteiger partial charge is 0.421 e. The molecule has 22 heavy (non-hydrogen) atoms. The van der Waals surface area contributed by atoms with Gasteiger partial charge >= 0.3 is 5.76 Å². The van der Waals surface area contributed by atoms with Crippen molar-refractivity contribution in [3.8, 4) is 0 Å². The molecule has 0 atom stereocenters. The number of thioether (sulfide) groups is 1. The number of para-hydroxylation sites is 2. The Kier molecular flexibility index (Phi) is 3.19.